The Morgan fingerprint density at radius 2 is 1.95 bits per heavy atom. The minimum atomic E-state index is -0.557. The van der Waals surface area contributed by atoms with E-state index in [0.29, 0.717) is 11.6 Å². The highest BCUT2D eigenvalue weighted by Crippen LogP contribution is 2.30. The first-order valence-electron chi connectivity index (χ1n) is 11.8. The van der Waals surface area contributed by atoms with Crippen molar-refractivity contribution >= 4 is 28.5 Å². The van der Waals surface area contributed by atoms with Crippen LogP contribution in [0, 0.1) is 15.9 Å². The van der Waals surface area contributed by atoms with Gasteiger partial charge in [0.15, 0.2) is 11.6 Å². The lowest BCUT2D eigenvalue weighted by molar-refractivity contribution is -0.396. The predicted octanol–water partition coefficient (Wildman–Crippen LogP) is 4.72. The van der Waals surface area contributed by atoms with Gasteiger partial charge in [0.1, 0.15) is 19.0 Å². The van der Waals surface area contributed by atoms with Gasteiger partial charge in [0.2, 0.25) is 5.95 Å². The number of ether oxygens (including phenoxy) is 2. The molecule has 0 aliphatic heterocycles. The summed E-state index contributed by atoms with van der Waals surface area (Å²) in [4.78, 5) is 22.9. The molecule has 0 saturated carbocycles. The molecule has 11 nitrogen and oxygen atoms in total. The summed E-state index contributed by atoms with van der Waals surface area (Å²) in [6.07, 6.45) is 6.55. The van der Waals surface area contributed by atoms with Crippen LogP contribution in [0.15, 0.2) is 73.3 Å². The lowest BCUT2D eigenvalue weighted by atomic mass is 10.1. The molecule has 12 heteroatoms. The van der Waals surface area contributed by atoms with Crippen LogP contribution in [0.1, 0.15) is 0 Å². The average Bonchev–Trinajstić information content (AvgIpc) is 3.52. The quantitative estimate of drug-likeness (QED) is 0.152. The molecular formula is C26H24FN7O4. The summed E-state index contributed by atoms with van der Waals surface area (Å²) in [6, 6.07) is 14.4. The number of nitro groups is 1. The smallest absolute Gasteiger partial charge is 0.434 e. The van der Waals surface area contributed by atoms with E-state index in [1.807, 2.05) is 48.1 Å². The molecule has 1 N–H and O–H groups in total. The highest BCUT2D eigenvalue weighted by molar-refractivity contribution is 5.95. The number of imidazole rings is 1. The van der Waals surface area contributed by atoms with Crippen molar-refractivity contribution < 1.29 is 18.8 Å². The van der Waals surface area contributed by atoms with E-state index in [4.69, 9.17) is 9.47 Å². The van der Waals surface area contributed by atoms with Crippen LogP contribution in [0.25, 0.3) is 22.2 Å². The Morgan fingerprint density at radius 1 is 1.08 bits per heavy atom. The summed E-state index contributed by atoms with van der Waals surface area (Å²) in [5, 5.41) is 15.0. The zero-order chi connectivity index (χ0) is 26.5. The molecule has 0 fully saturated rings. The van der Waals surface area contributed by atoms with Crippen LogP contribution < -0.4 is 10.1 Å². The Bertz CT molecular complexity index is 1580. The molecule has 0 atom stereocenters. The van der Waals surface area contributed by atoms with Crippen molar-refractivity contribution in [1.29, 1.82) is 0 Å². The van der Waals surface area contributed by atoms with Gasteiger partial charge in [-0.25, -0.2) is 18.9 Å². The second-order valence-electron chi connectivity index (χ2n) is 8.35. The van der Waals surface area contributed by atoms with Crippen molar-refractivity contribution in [1.82, 2.24) is 24.1 Å². The lowest BCUT2D eigenvalue weighted by Gasteiger charge is -2.10. The van der Waals surface area contributed by atoms with Crippen LogP contribution in [0.3, 0.4) is 0 Å². The minimum Gasteiger partial charge on any atom is -0.488 e. The van der Waals surface area contributed by atoms with Crippen LogP contribution in [0.5, 0.6) is 5.75 Å². The van der Waals surface area contributed by atoms with Crippen LogP contribution in [0.4, 0.5) is 22.0 Å². The molecule has 0 unspecified atom stereocenters. The average molecular weight is 518 g/mol. The normalized spacial score (nSPS) is 11.1. The summed E-state index contributed by atoms with van der Waals surface area (Å²) in [7, 11) is 1.99. The monoisotopic (exact) mass is 517 g/mol. The standard InChI is InChI=1S/C26H24FN7O4/c1-32-17-20(19-4-2-3-5-23(19)32)22-8-9-28-25(31-22)30-18-6-7-24(21(27)16-18)38-15-14-37-13-12-33-11-10-29-26(33)34(35)36/h2-11,16-17H,12-15H2,1H3,(H,28,30,31). The third-order valence-electron chi connectivity index (χ3n) is 5.84. The maximum Gasteiger partial charge on any atom is 0.434 e. The number of benzene rings is 2. The molecule has 194 valence electrons. The van der Waals surface area contributed by atoms with Crippen LogP contribution in [-0.4, -0.2) is 48.8 Å². The number of halogens is 1. The molecule has 38 heavy (non-hydrogen) atoms. The fourth-order valence-electron chi connectivity index (χ4n) is 4.06. The van der Waals surface area contributed by atoms with Gasteiger partial charge < -0.3 is 29.5 Å². The molecule has 3 heterocycles. The molecule has 0 aliphatic carbocycles. The van der Waals surface area contributed by atoms with Gasteiger partial charge in [-0.3, -0.25) is 0 Å². The maximum absolute atomic E-state index is 14.6. The number of rotatable bonds is 11. The minimum absolute atomic E-state index is 0.0785. The molecule has 5 aromatic rings. The first-order chi connectivity index (χ1) is 18.5. The highest BCUT2D eigenvalue weighted by atomic mass is 19.1. The van der Waals surface area contributed by atoms with E-state index in [1.54, 1.807) is 12.3 Å². The van der Waals surface area contributed by atoms with Gasteiger partial charge in [-0.1, -0.05) is 23.2 Å². The highest BCUT2D eigenvalue weighted by Gasteiger charge is 2.14. The summed E-state index contributed by atoms with van der Waals surface area (Å²) >= 11 is 0. The second kappa shape index (κ2) is 11.0. The van der Waals surface area contributed by atoms with Crippen molar-refractivity contribution in [3.63, 3.8) is 0 Å². The van der Waals surface area contributed by atoms with Gasteiger partial charge in [-0.2, -0.15) is 0 Å². The van der Waals surface area contributed by atoms with Gasteiger partial charge in [-0.15, -0.1) is 0 Å². The molecule has 0 aliphatic rings. The van der Waals surface area contributed by atoms with E-state index in [-0.39, 0.29) is 38.1 Å². The molecule has 0 saturated heterocycles. The van der Waals surface area contributed by atoms with Crippen LogP contribution in [0.2, 0.25) is 0 Å². The van der Waals surface area contributed by atoms with Crippen molar-refractivity contribution in [3.05, 3.63) is 89.2 Å². The number of hydrogen-bond acceptors (Lipinski definition) is 8. The number of nitrogens with zero attached hydrogens (tertiary/aromatic N) is 6. The number of anilines is 2. The number of aromatic nitrogens is 5. The van der Waals surface area contributed by atoms with Crippen molar-refractivity contribution in [2.45, 2.75) is 6.54 Å². The Kier molecular flexibility index (Phi) is 7.22. The largest absolute Gasteiger partial charge is 0.488 e. The lowest BCUT2D eigenvalue weighted by Crippen LogP contribution is -2.12. The van der Waals surface area contributed by atoms with Crippen molar-refractivity contribution in [2.75, 3.05) is 25.1 Å². The van der Waals surface area contributed by atoms with E-state index >= 15 is 0 Å². The Hall–Kier alpha value is -4.84. The van der Waals surface area contributed by atoms with E-state index in [9.17, 15) is 14.5 Å². The third kappa shape index (κ3) is 5.44. The summed E-state index contributed by atoms with van der Waals surface area (Å²) in [6.45, 7) is 0.807. The Balaban J connectivity index is 1.15. The van der Waals surface area contributed by atoms with Crippen molar-refractivity contribution in [3.8, 4) is 17.0 Å². The van der Waals surface area contributed by atoms with E-state index in [2.05, 4.69) is 20.3 Å². The van der Waals surface area contributed by atoms with Gasteiger partial charge in [0.25, 0.3) is 0 Å². The van der Waals surface area contributed by atoms with E-state index in [0.717, 1.165) is 22.2 Å². The van der Waals surface area contributed by atoms with Gasteiger partial charge in [0, 0.05) is 47.7 Å². The zero-order valence-corrected chi connectivity index (χ0v) is 20.5. The molecule has 2 aromatic carbocycles. The molecular weight excluding hydrogens is 493 g/mol. The van der Waals surface area contributed by atoms with Gasteiger partial charge in [-0.05, 0) is 29.2 Å². The number of para-hydroxylation sites is 1. The van der Waals surface area contributed by atoms with Gasteiger partial charge >= 0.3 is 5.95 Å². The van der Waals surface area contributed by atoms with E-state index in [1.165, 1.54) is 29.1 Å². The topological polar surface area (TPSA) is 122 Å². The first kappa shape index (κ1) is 24.8. The van der Waals surface area contributed by atoms with Crippen LogP contribution in [-0.2, 0) is 18.3 Å². The predicted molar refractivity (Wildman–Crippen MR) is 139 cm³/mol. The molecule has 0 radical (unpaired) electrons. The number of nitrogens with one attached hydrogen (secondary N) is 1. The number of fused-ring (bicyclic) bond motifs is 1. The fraction of sp³-hybridized carbons (Fsp3) is 0.192. The molecule has 3 aromatic heterocycles. The fourth-order valence-corrected chi connectivity index (χ4v) is 4.06. The first-order valence-corrected chi connectivity index (χ1v) is 11.8. The Labute approximate surface area is 216 Å². The molecule has 5 rings (SSSR count). The summed E-state index contributed by atoms with van der Waals surface area (Å²) in [5.74, 6) is -0.370. The van der Waals surface area contributed by atoms with Gasteiger partial charge in [0.05, 0.1) is 25.5 Å². The summed E-state index contributed by atoms with van der Waals surface area (Å²) in [5.41, 5.74) is 3.31. The van der Waals surface area contributed by atoms with E-state index < -0.39 is 10.7 Å². The molecule has 0 bridgehead atoms. The zero-order valence-electron chi connectivity index (χ0n) is 20.5. The third-order valence-corrected chi connectivity index (χ3v) is 5.84. The number of hydrogen-bond donors (Lipinski definition) is 1. The maximum atomic E-state index is 14.6. The molecule has 0 amide bonds. The second-order valence-corrected chi connectivity index (χ2v) is 8.35. The van der Waals surface area contributed by atoms with Crippen LogP contribution >= 0.6 is 0 Å². The number of aryl methyl sites for hydroxylation is 1. The molecule has 0 spiro atoms. The Morgan fingerprint density at radius 3 is 2.79 bits per heavy atom. The summed E-state index contributed by atoms with van der Waals surface area (Å²) < 4.78 is 29.0. The SMILES string of the molecule is Cn1cc(-c2ccnc(Nc3ccc(OCCOCCn4ccnc4[N+](=O)[O-])c(F)c3)n2)c2ccccc21. The van der Waals surface area contributed by atoms with Crippen molar-refractivity contribution in [2.24, 2.45) is 7.05 Å².